The van der Waals surface area contributed by atoms with Crippen molar-refractivity contribution in [2.24, 2.45) is 0 Å². The largest absolute Gasteiger partial charge is 0.477 e. The number of carboxylic acids is 1. The van der Waals surface area contributed by atoms with Gasteiger partial charge in [-0.3, -0.25) is 0 Å². The Morgan fingerprint density at radius 3 is 2.64 bits per heavy atom. The van der Waals surface area contributed by atoms with Gasteiger partial charge in [-0.25, -0.2) is 9.18 Å². The molecule has 4 heteroatoms. The van der Waals surface area contributed by atoms with Gasteiger partial charge in [0.15, 0.2) is 0 Å². The van der Waals surface area contributed by atoms with Crippen LogP contribution in [0.5, 0.6) is 0 Å². The fraction of sp³-hybridized carbons (Fsp3) is 0.100. The molecule has 0 amide bonds. The topological polar surface area (TPSA) is 37.3 Å². The highest BCUT2D eigenvalue weighted by Gasteiger charge is 2.06. The lowest BCUT2D eigenvalue weighted by atomic mass is 10.2. The predicted molar refractivity (Wildman–Crippen MR) is 55.5 cm³/mol. The van der Waals surface area contributed by atoms with Gasteiger partial charge >= 0.3 is 5.97 Å². The molecule has 0 atom stereocenters. The zero-order chi connectivity index (χ0) is 10.6. The molecular weight excluding hydrogens is 203 g/mol. The molecule has 1 aromatic rings. The van der Waals surface area contributed by atoms with E-state index in [1.807, 2.05) is 0 Å². The molecule has 0 saturated carbocycles. The van der Waals surface area contributed by atoms with Crippen molar-refractivity contribution in [1.82, 2.24) is 0 Å². The van der Waals surface area contributed by atoms with E-state index in [2.05, 4.69) is 0 Å². The number of hydrogen-bond donors (Lipinski definition) is 1. The Morgan fingerprint density at radius 2 is 2.14 bits per heavy atom. The summed E-state index contributed by atoms with van der Waals surface area (Å²) in [6.07, 6.45) is 2.96. The molecule has 14 heavy (non-hydrogen) atoms. The Hall–Kier alpha value is -1.29. The van der Waals surface area contributed by atoms with E-state index < -0.39 is 11.8 Å². The first-order chi connectivity index (χ1) is 6.65. The summed E-state index contributed by atoms with van der Waals surface area (Å²) in [5.41, 5.74) is 0.291. The zero-order valence-corrected chi connectivity index (χ0v) is 8.34. The monoisotopic (exact) mass is 212 g/mol. The van der Waals surface area contributed by atoms with E-state index in [9.17, 15) is 9.18 Å². The van der Waals surface area contributed by atoms with Crippen LogP contribution in [0, 0.1) is 5.82 Å². The van der Waals surface area contributed by atoms with Crippen LogP contribution in [0.25, 0.3) is 6.08 Å². The highest BCUT2D eigenvalue weighted by molar-refractivity contribution is 8.03. The summed E-state index contributed by atoms with van der Waals surface area (Å²) in [7, 11) is 0. The van der Waals surface area contributed by atoms with Crippen LogP contribution in [-0.4, -0.2) is 17.3 Å². The van der Waals surface area contributed by atoms with Crippen molar-refractivity contribution >= 4 is 23.8 Å². The van der Waals surface area contributed by atoms with Crippen molar-refractivity contribution in [3.05, 3.63) is 40.6 Å². The van der Waals surface area contributed by atoms with Gasteiger partial charge in [0.1, 0.15) is 5.82 Å². The van der Waals surface area contributed by atoms with Crippen LogP contribution in [0.4, 0.5) is 4.39 Å². The van der Waals surface area contributed by atoms with Gasteiger partial charge in [-0.2, -0.15) is 0 Å². The first-order valence-electron chi connectivity index (χ1n) is 3.88. The quantitative estimate of drug-likeness (QED) is 0.782. The van der Waals surface area contributed by atoms with E-state index in [4.69, 9.17) is 5.11 Å². The van der Waals surface area contributed by atoms with Gasteiger partial charge in [0.05, 0.1) is 4.91 Å². The van der Waals surface area contributed by atoms with E-state index in [1.165, 1.54) is 18.2 Å². The Morgan fingerprint density at radius 1 is 1.50 bits per heavy atom. The number of halogens is 1. The molecule has 0 fully saturated rings. The smallest absolute Gasteiger partial charge is 0.342 e. The van der Waals surface area contributed by atoms with Gasteiger partial charge in [-0.15, -0.1) is 11.8 Å². The van der Waals surface area contributed by atoms with Crippen LogP contribution >= 0.6 is 11.8 Å². The second-order valence-electron chi connectivity index (χ2n) is 2.54. The third-order valence-corrected chi connectivity index (χ3v) is 2.35. The maximum atomic E-state index is 13.1. The summed E-state index contributed by atoms with van der Waals surface area (Å²) in [6, 6.07) is 6.06. The summed E-state index contributed by atoms with van der Waals surface area (Å²) in [5, 5.41) is 8.71. The molecule has 0 unspecified atom stereocenters. The Kier molecular flexibility index (Phi) is 3.71. The molecule has 0 heterocycles. The first kappa shape index (κ1) is 10.8. The minimum absolute atomic E-state index is 0.120. The van der Waals surface area contributed by atoms with Crippen LogP contribution in [0.2, 0.25) is 0 Å². The summed E-state index contributed by atoms with van der Waals surface area (Å²) in [5.74, 6) is -1.46. The standard InChI is InChI=1S/C10H9FO2S/c1-14-9(10(12)13)6-7-4-2-3-5-8(7)11/h2-6H,1H3,(H,12,13)/b9-6-. The van der Waals surface area contributed by atoms with Crippen molar-refractivity contribution in [2.45, 2.75) is 0 Å². The summed E-state index contributed by atoms with van der Waals surface area (Å²) in [4.78, 5) is 10.8. The number of thioether (sulfide) groups is 1. The number of benzene rings is 1. The van der Waals surface area contributed by atoms with Crippen molar-refractivity contribution in [3.8, 4) is 0 Å². The molecule has 74 valence electrons. The molecule has 0 bridgehead atoms. The molecule has 0 spiro atoms. The molecule has 1 aromatic carbocycles. The lowest BCUT2D eigenvalue weighted by Gasteiger charge is -1.98. The van der Waals surface area contributed by atoms with E-state index >= 15 is 0 Å². The van der Waals surface area contributed by atoms with Crippen LogP contribution < -0.4 is 0 Å². The highest BCUT2D eigenvalue weighted by Crippen LogP contribution is 2.18. The number of carbonyl (C=O) groups is 1. The zero-order valence-electron chi connectivity index (χ0n) is 7.53. The predicted octanol–water partition coefficient (Wildman–Crippen LogP) is 2.61. The molecular formula is C10H9FO2S. The molecule has 1 N–H and O–H groups in total. The first-order valence-corrected chi connectivity index (χ1v) is 5.11. The van der Waals surface area contributed by atoms with Crippen LogP contribution in [0.1, 0.15) is 5.56 Å². The van der Waals surface area contributed by atoms with Crippen molar-refractivity contribution in [2.75, 3.05) is 6.26 Å². The van der Waals surface area contributed by atoms with E-state index in [1.54, 1.807) is 18.4 Å². The number of carboxylic acid groups (broad SMARTS) is 1. The minimum Gasteiger partial charge on any atom is -0.477 e. The average Bonchev–Trinajstić information content (AvgIpc) is 2.16. The van der Waals surface area contributed by atoms with E-state index in [0.717, 1.165) is 11.8 Å². The Bertz CT molecular complexity index is 374. The lowest BCUT2D eigenvalue weighted by Crippen LogP contribution is -1.96. The van der Waals surface area contributed by atoms with Crippen LogP contribution in [0.15, 0.2) is 29.2 Å². The number of hydrogen-bond acceptors (Lipinski definition) is 2. The lowest BCUT2D eigenvalue weighted by molar-refractivity contribution is -0.131. The molecule has 0 radical (unpaired) electrons. The molecule has 1 rings (SSSR count). The van der Waals surface area contributed by atoms with Gasteiger partial charge in [0.2, 0.25) is 0 Å². The van der Waals surface area contributed by atoms with E-state index in [-0.39, 0.29) is 4.91 Å². The summed E-state index contributed by atoms with van der Waals surface area (Å²) in [6.45, 7) is 0. The second kappa shape index (κ2) is 4.81. The number of rotatable bonds is 3. The van der Waals surface area contributed by atoms with Gasteiger partial charge in [0, 0.05) is 5.56 Å². The van der Waals surface area contributed by atoms with Gasteiger partial charge in [-0.05, 0) is 18.4 Å². The Labute approximate surface area is 85.4 Å². The molecule has 0 saturated heterocycles. The number of aliphatic carboxylic acids is 1. The van der Waals surface area contributed by atoms with Crippen molar-refractivity contribution in [1.29, 1.82) is 0 Å². The van der Waals surface area contributed by atoms with Gasteiger partial charge < -0.3 is 5.11 Å². The minimum atomic E-state index is -1.04. The third kappa shape index (κ3) is 2.60. The SMILES string of the molecule is CS/C(=C\c1ccccc1F)C(=O)O. The summed E-state index contributed by atoms with van der Waals surface area (Å²) >= 11 is 1.08. The fourth-order valence-corrected chi connectivity index (χ4v) is 1.36. The van der Waals surface area contributed by atoms with Crippen LogP contribution in [-0.2, 0) is 4.79 Å². The molecule has 0 aliphatic rings. The maximum absolute atomic E-state index is 13.1. The molecule has 0 aromatic heterocycles. The fourth-order valence-electron chi connectivity index (χ4n) is 0.941. The van der Waals surface area contributed by atoms with Crippen molar-refractivity contribution in [3.63, 3.8) is 0 Å². The van der Waals surface area contributed by atoms with Gasteiger partial charge in [0.25, 0.3) is 0 Å². The van der Waals surface area contributed by atoms with Crippen molar-refractivity contribution < 1.29 is 14.3 Å². The highest BCUT2D eigenvalue weighted by atomic mass is 32.2. The van der Waals surface area contributed by atoms with Gasteiger partial charge in [-0.1, -0.05) is 18.2 Å². The van der Waals surface area contributed by atoms with Crippen LogP contribution in [0.3, 0.4) is 0 Å². The second-order valence-corrected chi connectivity index (χ2v) is 3.39. The molecule has 0 aliphatic carbocycles. The Balaban J connectivity index is 3.07. The summed E-state index contributed by atoms with van der Waals surface area (Å²) < 4.78 is 13.1. The molecule has 0 aliphatic heterocycles. The normalized spacial score (nSPS) is 11.4. The maximum Gasteiger partial charge on any atom is 0.342 e. The third-order valence-electron chi connectivity index (χ3n) is 1.62. The molecule has 2 nitrogen and oxygen atoms in total. The average molecular weight is 212 g/mol. The van der Waals surface area contributed by atoms with E-state index in [0.29, 0.717) is 5.56 Å².